The van der Waals surface area contributed by atoms with Crippen molar-refractivity contribution in [3.05, 3.63) is 18.2 Å². The van der Waals surface area contributed by atoms with E-state index in [1.54, 1.807) is 6.26 Å². The molecule has 1 unspecified atom stereocenters. The van der Waals surface area contributed by atoms with E-state index in [1.165, 1.54) is 12.8 Å². The zero-order valence-electron chi connectivity index (χ0n) is 9.26. The van der Waals surface area contributed by atoms with Crippen LogP contribution in [0.1, 0.15) is 25.6 Å². The SMILES string of the molecule is CC1CCc2nnc(-c3ccon3)n2CC1. The third-order valence-corrected chi connectivity index (χ3v) is 3.20. The Balaban J connectivity index is 2.01. The number of fused-ring (bicyclic) bond motifs is 1. The van der Waals surface area contributed by atoms with Gasteiger partial charge in [0.25, 0.3) is 0 Å². The lowest BCUT2D eigenvalue weighted by atomic mass is 10.0. The molecule has 16 heavy (non-hydrogen) atoms. The van der Waals surface area contributed by atoms with Gasteiger partial charge in [-0.2, -0.15) is 0 Å². The van der Waals surface area contributed by atoms with Crippen LogP contribution < -0.4 is 0 Å². The third-order valence-electron chi connectivity index (χ3n) is 3.20. The largest absolute Gasteiger partial charge is 0.364 e. The Labute approximate surface area is 93.5 Å². The number of hydrogen-bond acceptors (Lipinski definition) is 4. The molecule has 0 spiro atoms. The predicted molar refractivity (Wildman–Crippen MR) is 57.6 cm³/mol. The standard InChI is InChI=1S/C11H14N4O/c1-8-2-3-10-12-13-11(15(10)6-4-8)9-5-7-16-14-9/h5,7-8H,2-4,6H2,1H3. The molecule has 0 radical (unpaired) electrons. The first-order chi connectivity index (χ1) is 7.84. The first-order valence-corrected chi connectivity index (χ1v) is 5.67. The van der Waals surface area contributed by atoms with Crippen LogP contribution in [0.5, 0.6) is 0 Å². The van der Waals surface area contributed by atoms with Crippen molar-refractivity contribution in [1.29, 1.82) is 0 Å². The summed E-state index contributed by atoms with van der Waals surface area (Å²) in [7, 11) is 0. The molecule has 1 aliphatic heterocycles. The van der Waals surface area contributed by atoms with Crippen LogP contribution >= 0.6 is 0 Å². The lowest BCUT2D eigenvalue weighted by Crippen LogP contribution is -2.03. The number of nitrogens with zero attached hydrogens (tertiary/aromatic N) is 4. The van der Waals surface area contributed by atoms with E-state index in [0.29, 0.717) is 0 Å². The van der Waals surface area contributed by atoms with Crippen molar-refractivity contribution in [2.45, 2.75) is 32.7 Å². The molecule has 0 bridgehead atoms. The average Bonchev–Trinajstić information content (AvgIpc) is 2.89. The van der Waals surface area contributed by atoms with Crippen LogP contribution in [-0.2, 0) is 13.0 Å². The molecule has 5 nitrogen and oxygen atoms in total. The molecule has 0 amide bonds. The van der Waals surface area contributed by atoms with E-state index < -0.39 is 0 Å². The van der Waals surface area contributed by atoms with Crippen LogP contribution in [0.3, 0.4) is 0 Å². The van der Waals surface area contributed by atoms with E-state index in [1.807, 2.05) is 6.07 Å². The molecule has 2 aromatic heterocycles. The van der Waals surface area contributed by atoms with Gasteiger partial charge in [-0.1, -0.05) is 12.1 Å². The second-order valence-corrected chi connectivity index (χ2v) is 4.41. The lowest BCUT2D eigenvalue weighted by molar-refractivity contribution is 0.421. The minimum atomic E-state index is 0.756. The summed E-state index contributed by atoms with van der Waals surface area (Å²) in [6, 6.07) is 1.83. The minimum absolute atomic E-state index is 0.756. The van der Waals surface area contributed by atoms with Crippen molar-refractivity contribution in [3.8, 4) is 11.5 Å². The first kappa shape index (κ1) is 9.57. The van der Waals surface area contributed by atoms with Crippen molar-refractivity contribution in [3.63, 3.8) is 0 Å². The van der Waals surface area contributed by atoms with Gasteiger partial charge in [0.05, 0.1) is 0 Å². The zero-order valence-corrected chi connectivity index (χ0v) is 9.26. The van der Waals surface area contributed by atoms with E-state index in [-0.39, 0.29) is 0 Å². The maximum absolute atomic E-state index is 4.85. The van der Waals surface area contributed by atoms with Gasteiger partial charge in [0, 0.05) is 19.0 Å². The number of aryl methyl sites for hydroxylation is 1. The highest BCUT2D eigenvalue weighted by atomic mass is 16.5. The highest BCUT2D eigenvalue weighted by molar-refractivity contribution is 5.47. The van der Waals surface area contributed by atoms with Crippen LogP contribution in [-0.4, -0.2) is 19.9 Å². The van der Waals surface area contributed by atoms with Gasteiger partial charge >= 0.3 is 0 Å². The van der Waals surface area contributed by atoms with Crippen LogP contribution in [0.25, 0.3) is 11.5 Å². The molecule has 84 valence electrons. The number of hydrogen-bond donors (Lipinski definition) is 0. The summed E-state index contributed by atoms with van der Waals surface area (Å²) in [5, 5.41) is 12.4. The van der Waals surface area contributed by atoms with E-state index in [0.717, 1.165) is 36.2 Å². The van der Waals surface area contributed by atoms with Crippen molar-refractivity contribution in [2.75, 3.05) is 0 Å². The molecule has 5 heteroatoms. The second-order valence-electron chi connectivity index (χ2n) is 4.41. The lowest BCUT2D eigenvalue weighted by Gasteiger charge is -2.06. The fourth-order valence-electron chi connectivity index (χ4n) is 2.14. The normalized spacial score (nSPS) is 20.4. The highest BCUT2D eigenvalue weighted by Crippen LogP contribution is 2.23. The summed E-state index contributed by atoms with van der Waals surface area (Å²) in [5.74, 6) is 2.66. The van der Waals surface area contributed by atoms with Crippen LogP contribution in [0.15, 0.2) is 16.9 Å². The smallest absolute Gasteiger partial charge is 0.186 e. The maximum Gasteiger partial charge on any atom is 0.186 e. The van der Waals surface area contributed by atoms with Gasteiger partial charge in [0.15, 0.2) is 11.5 Å². The Hall–Kier alpha value is -1.65. The topological polar surface area (TPSA) is 56.7 Å². The fraction of sp³-hybridized carbons (Fsp3) is 0.545. The number of aromatic nitrogens is 4. The summed E-state index contributed by atoms with van der Waals surface area (Å²) < 4.78 is 7.02. The van der Waals surface area contributed by atoms with Gasteiger partial charge in [0.2, 0.25) is 0 Å². The van der Waals surface area contributed by atoms with E-state index in [4.69, 9.17) is 4.52 Å². The van der Waals surface area contributed by atoms with Crippen LogP contribution in [0.2, 0.25) is 0 Å². The molecule has 3 heterocycles. The summed E-state index contributed by atoms with van der Waals surface area (Å²) in [4.78, 5) is 0. The van der Waals surface area contributed by atoms with Crippen molar-refractivity contribution in [1.82, 2.24) is 19.9 Å². The molecule has 0 aliphatic carbocycles. The summed E-state index contributed by atoms with van der Waals surface area (Å²) in [5.41, 5.74) is 0.772. The molecule has 0 fully saturated rings. The maximum atomic E-state index is 4.85. The summed E-state index contributed by atoms with van der Waals surface area (Å²) >= 11 is 0. The second kappa shape index (κ2) is 3.73. The molecular weight excluding hydrogens is 204 g/mol. The average molecular weight is 218 g/mol. The van der Waals surface area contributed by atoms with Crippen molar-refractivity contribution in [2.24, 2.45) is 5.92 Å². The Bertz CT molecular complexity index is 474. The quantitative estimate of drug-likeness (QED) is 0.733. The van der Waals surface area contributed by atoms with Gasteiger partial charge in [-0.15, -0.1) is 10.2 Å². The van der Waals surface area contributed by atoms with Crippen molar-refractivity contribution < 1.29 is 4.52 Å². The Kier molecular flexibility index (Phi) is 2.23. The van der Waals surface area contributed by atoms with Crippen LogP contribution in [0, 0.1) is 5.92 Å². The van der Waals surface area contributed by atoms with Crippen LogP contribution in [0.4, 0.5) is 0 Å². The molecule has 0 saturated carbocycles. The minimum Gasteiger partial charge on any atom is -0.364 e. The zero-order chi connectivity index (χ0) is 11.0. The highest BCUT2D eigenvalue weighted by Gasteiger charge is 2.19. The van der Waals surface area contributed by atoms with E-state index in [9.17, 15) is 0 Å². The molecule has 1 aliphatic rings. The van der Waals surface area contributed by atoms with Gasteiger partial charge in [-0.05, 0) is 18.8 Å². The Morgan fingerprint density at radius 2 is 2.31 bits per heavy atom. The third kappa shape index (κ3) is 1.52. The molecular formula is C11H14N4O. The summed E-state index contributed by atoms with van der Waals surface area (Å²) in [6.45, 7) is 3.27. The summed E-state index contributed by atoms with van der Waals surface area (Å²) in [6.07, 6.45) is 4.94. The van der Waals surface area contributed by atoms with Gasteiger partial charge in [0.1, 0.15) is 12.1 Å². The van der Waals surface area contributed by atoms with E-state index in [2.05, 4.69) is 26.8 Å². The Morgan fingerprint density at radius 1 is 1.38 bits per heavy atom. The van der Waals surface area contributed by atoms with Gasteiger partial charge < -0.3 is 9.09 Å². The van der Waals surface area contributed by atoms with Crippen molar-refractivity contribution >= 4 is 0 Å². The monoisotopic (exact) mass is 218 g/mol. The molecule has 0 aromatic carbocycles. The van der Waals surface area contributed by atoms with Gasteiger partial charge in [-0.3, -0.25) is 0 Å². The molecule has 0 saturated heterocycles. The molecule has 1 atom stereocenters. The number of rotatable bonds is 1. The fourth-order valence-corrected chi connectivity index (χ4v) is 2.14. The van der Waals surface area contributed by atoms with E-state index >= 15 is 0 Å². The molecule has 3 rings (SSSR count). The van der Waals surface area contributed by atoms with Gasteiger partial charge in [-0.25, -0.2) is 0 Å². The first-order valence-electron chi connectivity index (χ1n) is 5.67. The molecule has 0 N–H and O–H groups in total. The Morgan fingerprint density at radius 3 is 3.12 bits per heavy atom. The molecule has 2 aromatic rings. The predicted octanol–water partition coefficient (Wildman–Crippen LogP) is 1.91.